The van der Waals surface area contributed by atoms with Crippen molar-refractivity contribution in [1.82, 2.24) is 14.1 Å². The van der Waals surface area contributed by atoms with Crippen LogP contribution in [0.1, 0.15) is 33.2 Å². The molecule has 0 saturated carbocycles. The highest BCUT2D eigenvalue weighted by molar-refractivity contribution is 6.11. The minimum atomic E-state index is -0.422. The van der Waals surface area contributed by atoms with E-state index >= 15 is 0 Å². The van der Waals surface area contributed by atoms with Gasteiger partial charge in [0.15, 0.2) is 0 Å². The predicted octanol–water partition coefficient (Wildman–Crippen LogP) is 15.9. The molecule has 0 spiro atoms. The number of benzene rings is 9. The van der Waals surface area contributed by atoms with E-state index in [1.807, 2.05) is 66.9 Å². The normalized spacial score (nSPS) is 13.0. The lowest BCUT2D eigenvalue weighted by Crippen LogP contribution is -2.30. The fourth-order valence-electron chi connectivity index (χ4n) is 10.2. The second-order valence-corrected chi connectivity index (χ2v) is 18.6. The van der Waals surface area contributed by atoms with Gasteiger partial charge in [-0.1, -0.05) is 172 Å². The Morgan fingerprint density at radius 1 is 0.522 bits per heavy atom. The molecule has 0 amide bonds. The van der Waals surface area contributed by atoms with Crippen LogP contribution >= 0.6 is 0 Å². The van der Waals surface area contributed by atoms with Crippen LogP contribution in [0.25, 0.3) is 106 Å². The summed E-state index contributed by atoms with van der Waals surface area (Å²) >= 11 is 0. The quantitative estimate of drug-likeness (QED) is 0.123. The summed E-state index contributed by atoms with van der Waals surface area (Å²) in [5, 5.41) is 1.73. The van der Waals surface area contributed by atoms with E-state index in [1.54, 1.807) is 0 Å². The van der Waals surface area contributed by atoms with Crippen molar-refractivity contribution < 1.29 is 16.2 Å². The minimum Gasteiger partial charge on any atom is -0.458 e. The van der Waals surface area contributed by atoms with Gasteiger partial charge in [0, 0.05) is 23.0 Å². The van der Waals surface area contributed by atoms with Gasteiger partial charge in [0.2, 0.25) is 0 Å². The molecule has 0 fully saturated rings. The Morgan fingerprint density at radius 2 is 1.23 bits per heavy atom. The molecule has 5 nitrogen and oxygen atoms in total. The molecule has 1 aliphatic rings. The highest BCUT2D eigenvalue weighted by Crippen LogP contribution is 2.47. The van der Waals surface area contributed by atoms with Gasteiger partial charge in [-0.15, -0.1) is 0 Å². The standard InChI is InChI=1S/C64H46N4O/c1-64(2,3)45-35-36-65-61(38-45)68-58-34-31-44(42-17-6-4-7-18-42)37-56(58)52-33-32-48(40-60(52)68)69-47-22-14-21-46(39-47)66-41-67-57-29-13-12-25-55(57)62-49(43-19-8-5-9-20-43)26-15-27-53(62)50-23-10-11-24-51(50)54-28-16-30-59(66)63(54)67/h4-40H,1-3H3/i4D,6D,7D,17D,18D. The zero-order valence-electron chi connectivity index (χ0n) is 43.2. The summed E-state index contributed by atoms with van der Waals surface area (Å²) in [6.07, 6.45) is 5.67. The molecule has 4 heterocycles. The smallest absolute Gasteiger partial charge is 0.269 e. The fourth-order valence-corrected chi connectivity index (χ4v) is 10.2. The Labute approximate surface area is 408 Å². The predicted molar refractivity (Wildman–Crippen MR) is 282 cm³/mol. The third kappa shape index (κ3) is 6.77. The summed E-state index contributed by atoms with van der Waals surface area (Å²) < 4.78 is 55.8. The lowest BCUT2D eigenvalue weighted by atomic mass is 9.85. The van der Waals surface area contributed by atoms with Gasteiger partial charge in [-0.25, -0.2) is 4.98 Å². The van der Waals surface area contributed by atoms with E-state index in [1.165, 1.54) is 5.56 Å². The molecule has 0 saturated heterocycles. The van der Waals surface area contributed by atoms with E-state index in [2.05, 4.69) is 168 Å². The maximum Gasteiger partial charge on any atom is 0.269 e. The molecule has 9 aromatic carbocycles. The van der Waals surface area contributed by atoms with E-state index in [9.17, 15) is 0 Å². The van der Waals surface area contributed by atoms with Crippen molar-refractivity contribution in [3.05, 3.63) is 236 Å². The molecular formula is C64H46N4O. The second-order valence-electron chi connectivity index (χ2n) is 18.6. The van der Waals surface area contributed by atoms with Crippen molar-refractivity contribution >= 4 is 32.8 Å². The Bertz CT molecular complexity index is 4260. The van der Waals surface area contributed by atoms with Gasteiger partial charge in [0.1, 0.15) is 17.3 Å². The zero-order valence-corrected chi connectivity index (χ0v) is 38.2. The van der Waals surface area contributed by atoms with Crippen LogP contribution in [0.3, 0.4) is 0 Å². The number of para-hydroxylation sites is 2. The van der Waals surface area contributed by atoms with Crippen LogP contribution in [0.15, 0.2) is 224 Å². The van der Waals surface area contributed by atoms with Gasteiger partial charge in [-0.05, 0) is 127 Å². The van der Waals surface area contributed by atoms with Gasteiger partial charge in [-0.2, -0.15) is 0 Å². The molecule has 13 rings (SSSR count). The number of rotatable bonds is 6. The SMILES string of the molecule is [2H]c1c([2H])c([2H])c(-c2ccc3c(c2)c2ccc(Oc4cccc(-n5[c-][n+]6c7c(cccc75)-c5ccccc5-c5cccc(-c7ccccc7)c5-c5ccccc5-6)c4)cc2n3-c2cc(C(C)(C)C)ccn2)c([2H])c1[2H]. The fraction of sp³-hybridized carbons (Fsp3) is 0.0625. The van der Waals surface area contributed by atoms with Gasteiger partial charge in [-0.3, -0.25) is 13.7 Å². The molecule has 12 aromatic rings. The van der Waals surface area contributed by atoms with Crippen LogP contribution in [0.5, 0.6) is 11.5 Å². The third-order valence-electron chi connectivity index (χ3n) is 13.4. The van der Waals surface area contributed by atoms with E-state index in [0.717, 1.165) is 94.5 Å². The average Bonchev–Trinajstić information content (AvgIpc) is 3.99. The molecule has 0 N–H and O–H groups in total. The average molecular weight is 892 g/mol. The first-order chi connectivity index (χ1) is 35.9. The summed E-state index contributed by atoms with van der Waals surface area (Å²) in [5.41, 5.74) is 16.4. The number of aromatic nitrogens is 4. The van der Waals surface area contributed by atoms with Crippen molar-refractivity contribution in [2.45, 2.75) is 26.2 Å². The largest absolute Gasteiger partial charge is 0.458 e. The summed E-state index contributed by atoms with van der Waals surface area (Å²) in [4.78, 5) is 4.90. The molecular weight excluding hydrogens is 841 g/mol. The van der Waals surface area contributed by atoms with Crippen molar-refractivity contribution in [1.29, 1.82) is 0 Å². The molecule has 0 unspecified atom stereocenters. The zero-order chi connectivity index (χ0) is 50.6. The Kier molecular flexibility index (Phi) is 8.17. The number of hydrogen-bond donors (Lipinski definition) is 0. The molecule has 328 valence electrons. The van der Waals surface area contributed by atoms with Gasteiger partial charge in [0.25, 0.3) is 6.33 Å². The first kappa shape index (κ1) is 35.4. The van der Waals surface area contributed by atoms with Crippen LogP contribution in [-0.4, -0.2) is 14.1 Å². The lowest BCUT2D eigenvalue weighted by molar-refractivity contribution is -0.571. The Morgan fingerprint density at radius 3 is 2.07 bits per heavy atom. The van der Waals surface area contributed by atoms with Crippen LogP contribution < -0.4 is 9.30 Å². The van der Waals surface area contributed by atoms with Gasteiger partial charge in [0.05, 0.1) is 40.3 Å². The molecule has 5 heteroatoms. The van der Waals surface area contributed by atoms with Crippen LogP contribution in [0.4, 0.5) is 0 Å². The molecule has 0 bridgehead atoms. The number of hydrogen-bond acceptors (Lipinski definition) is 2. The van der Waals surface area contributed by atoms with Crippen LogP contribution in [-0.2, 0) is 5.41 Å². The van der Waals surface area contributed by atoms with Crippen molar-refractivity contribution in [2.24, 2.45) is 0 Å². The number of imidazole rings is 1. The maximum absolute atomic E-state index is 8.76. The third-order valence-corrected chi connectivity index (χ3v) is 13.4. The molecule has 0 aliphatic carbocycles. The van der Waals surface area contributed by atoms with Crippen molar-refractivity contribution in [2.75, 3.05) is 0 Å². The summed E-state index contributed by atoms with van der Waals surface area (Å²) in [6, 6.07) is 63.3. The van der Waals surface area contributed by atoms with Crippen LogP contribution in [0, 0.1) is 6.33 Å². The van der Waals surface area contributed by atoms with Gasteiger partial charge >= 0.3 is 0 Å². The lowest BCUT2D eigenvalue weighted by Gasteiger charge is -2.20. The molecule has 69 heavy (non-hydrogen) atoms. The topological polar surface area (TPSA) is 35.9 Å². The van der Waals surface area contributed by atoms with Gasteiger partial charge < -0.3 is 4.74 Å². The first-order valence-electron chi connectivity index (χ1n) is 25.7. The second kappa shape index (κ2) is 15.9. The van der Waals surface area contributed by atoms with E-state index < -0.39 is 6.04 Å². The Hall–Kier alpha value is -8.80. The minimum absolute atomic E-state index is 0.145. The van der Waals surface area contributed by atoms with Crippen molar-refractivity contribution in [3.63, 3.8) is 0 Å². The first-order valence-corrected chi connectivity index (χ1v) is 23.2. The number of pyridine rings is 1. The summed E-state index contributed by atoms with van der Waals surface area (Å²) in [7, 11) is 0. The maximum atomic E-state index is 8.76. The number of fused-ring (bicyclic) bond motifs is 10. The highest BCUT2D eigenvalue weighted by Gasteiger charge is 2.26. The number of ether oxygens (including phenoxy) is 1. The number of nitrogens with zero attached hydrogens (tertiary/aromatic N) is 4. The molecule has 1 aliphatic heterocycles. The Balaban J connectivity index is 0.958. The highest BCUT2D eigenvalue weighted by atomic mass is 16.5. The van der Waals surface area contributed by atoms with E-state index in [-0.39, 0.29) is 35.1 Å². The van der Waals surface area contributed by atoms with Crippen LogP contribution in [0.2, 0.25) is 0 Å². The molecule has 0 radical (unpaired) electrons. The van der Waals surface area contributed by atoms with E-state index in [4.69, 9.17) is 16.6 Å². The molecule has 3 aromatic heterocycles. The summed E-state index contributed by atoms with van der Waals surface area (Å²) in [6.45, 7) is 6.52. The molecule has 0 atom stereocenters. The van der Waals surface area contributed by atoms with E-state index in [0.29, 0.717) is 17.1 Å². The summed E-state index contributed by atoms with van der Waals surface area (Å²) in [5.74, 6) is 1.96. The van der Waals surface area contributed by atoms with Crippen molar-refractivity contribution in [3.8, 4) is 84.3 Å². The monoisotopic (exact) mass is 891 g/mol.